The van der Waals surface area contributed by atoms with Gasteiger partial charge in [-0.15, -0.1) is 0 Å². The molecule has 1 N–H and O–H groups in total. The van der Waals surface area contributed by atoms with Gasteiger partial charge in [-0.1, -0.05) is 46.0 Å². The Morgan fingerprint density at radius 1 is 1.00 bits per heavy atom. The molecule has 0 unspecified atom stereocenters. The topological polar surface area (TPSA) is 50.5 Å². The van der Waals surface area contributed by atoms with E-state index in [1.165, 1.54) is 25.7 Å². The molecule has 0 aliphatic rings. The Kier molecular flexibility index (Phi) is 10.7. The summed E-state index contributed by atoms with van der Waals surface area (Å²) in [6.07, 6.45) is 8.12. The van der Waals surface area contributed by atoms with Gasteiger partial charge in [-0.2, -0.15) is 5.43 Å². The van der Waals surface area contributed by atoms with Gasteiger partial charge < -0.3 is 5.21 Å². The van der Waals surface area contributed by atoms with Crippen molar-refractivity contribution in [1.29, 1.82) is 0 Å². The summed E-state index contributed by atoms with van der Waals surface area (Å²) in [7, 11) is 0. The first kappa shape index (κ1) is 14.2. The lowest BCUT2D eigenvalue weighted by molar-refractivity contribution is -0.590. The zero-order chi connectivity index (χ0) is 11.4. The predicted molar refractivity (Wildman–Crippen MR) is 62.6 cm³/mol. The third-order valence-corrected chi connectivity index (χ3v) is 2.27. The lowest BCUT2D eigenvalue weighted by atomic mass is 10.2. The lowest BCUT2D eigenvalue weighted by Gasteiger charge is -2.01. The third-order valence-electron chi connectivity index (χ3n) is 2.27. The van der Waals surface area contributed by atoms with Crippen LogP contribution in [0.4, 0.5) is 0 Å². The van der Waals surface area contributed by atoms with Crippen LogP contribution in [-0.2, 0) is 0 Å². The van der Waals surface area contributed by atoms with Gasteiger partial charge in [0.15, 0.2) is 0 Å². The van der Waals surface area contributed by atoms with Gasteiger partial charge in [0.25, 0.3) is 0 Å². The van der Waals surface area contributed by atoms with Crippen molar-refractivity contribution in [2.75, 3.05) is 13.1 Å². The molecule has 15 heavy (non-hydrogen) atoms. The van der Waals surface area contributed by atoms with E-state index in [4.69, 9.17) is 0 Å². The van der Waals surface area contributed by atoms with Crippen molar-refractivity contribution in [3.63, 3.8) is 0 Å². The van der Waals surface area contributed by atoms with Gasteiger partial charge in [0.1, 0.15) is 6.54 Å². The molecule has 4 heteroatoms. The number of nitrogens with zero attached hydrogens (tertiary/aromatic N) is 2. The van der Waals surface area contributed by atoms with E-state index >= 15 is 0 Å². The molecule has 0 saturated carbocycles. The molecule has 0 atom stereocenters. The number of hydrogen-bond donors (Lipinski definition) is 1. The fraction of sp³-hybridized carbons (Fsp3) is 1.00. The van der Waals surface area contributed by atoms with Gasteiger partial charge in [-0.3, -0.25) is 0 Å². The van der Waals surface area contributed by atoms with Crippen molar-refractivity contribution in [3.8, 4) is 0 Å². The maximum atomic E-state index is 11.0. The van der Waals surface area contributed by atoms with Crippen molar-refractivity contribution < 1.29 is 4.97 Å². The molecule has 4 nitrogen and oxygen atoms in total. The first-order valence-corrected chi connectivity index (χ1v) is 6.19. The Bertz CT molecular complexity index is 160. The zero-order valence-corrected chi connectivity index (χ0v) is 10.2. The second-order valence-electron chi connectivity index (χ2n) is 3.81. The van der Waals surface area contributed by atoms with E-state index in [1.54, 1.807) is 0 Å². The average Bonchev–Trinajstić information content (AvgIpc) is 2.23. The minimum absolute atomic E-state index is 0.621. The molecular weight excluding hydrogens is 190 g/mol. The molecule has 0 aromatic heterocycles. The molecule has 0 rings (SSSR count). The van der Waals surface area contributed by atoms with Crippen LogP contribution in [0.1, 0.15) is 58.8 Å². The highest BCUT2D eigenvalue weighted by Crippen LogP contribution is 2.01. The Morgan fingerprint density at radius 2 is 1.67 bits per heavy atom. The third kappa shape index (κ3) is 11.1. The van der Waals surface area contributed by atoms with Crippen molar-refractivity contribution in [3.05, 3.63) is 5.21 Å². The molecule has 0 spiro atoms. The summed E-state index contributed by atoms with van der Waals surface area (Å²) in [4.78, 5) is 0.621. The normalized spacial score (nSPS) is 11.7. The van der Waals surface area contributed by atoms with Gasteiger partial charge in [0.05, 0.1) is 6.54 Å². The van der Waals surface area contributed by atoms with E-state index in [1.807, 2.05) is 0 Å². The number of unbranched alkanes of at least 4 members (excludes halogenated alkanes) is 5. The van der Waals surface area contributed by atoms with E-state index in [-0.39, 0.29) is 0 Å². The molecule has 90 valence electrons. The van der Waals surface area contributed by atoms with Crippen molar-refractivity contribution in [2.24, 2.45) is 5.11 Å². The van der Waals surface area contributed by atoms with Crippen LogP contribution in [0.3, 0.4) is 0 Å². The van der Waals surface area contributed by atoms with Crippen LogP contribution in [0.2, 0.25) is 0 Å². The van der Waals surface area contributed by atoms with E-state index in [0.29, 0.717) is 11.5 Å². The summed E-state index contributed by atoms with van der Waals surface area (Å²) in [5.41, 5.74) is 2.70. The first-order valence-electron chi connectivity index (χ1n) is 6.19. The smallest absolute Gasteiger partial charge is 0.106 e. The van der Waals surface area contributed by atoms with Crippen LogP contribution in [0, 0.1) is 5.21 Å². The summed E-state index contributed by atoms with van der Waals surface area (Å²) in [5, 5.41) is 14.9. The Balaban J connectivity index is 3.25. The maximum absolute atomic E-state index is 11.0. The molecule has 0 aliphatic heterocycles. The fourth-order valence-electron chi connectivity index (χ4n) is 1.28. The standard InChI is InChI=1S/C11H25N3O/c1-3-5-7-8-9-11-13-14(15)12-10-6-4-2/h3-11H2,1-2H3,(H,12,13). The molecule has 0 amide bonds. The van der Waals surface area contributed by atoms with Crippen molar-refractivity contribution in [1.82, 2.24) is 5.43 Å². The van der Waals surface area contributed by atoms with Crippen molar-refractivity contribution in [2.45, 2.75) is 58.8 Å². The number of hydrazine groups is 1. The minimum atomic E-state index is 0.621. The summed E-state index contributed by atoms with van der Waals surface area (Å²) in [6.45, 7) is 5.66. The Labute approximate surface area is 93.3 Å². The predicted octanol–water partition coefficient (Wildman–Crippen LogP) is 3.22. The quantitative estimate of drug-likeness (QED) is 0.263. The molecule has 0 heterocycles. The van der Waals surface area contributed by atoms with Gasteiger partial charge in [0.2, 0.25) is 0 Å². The Hall–Kier alpha value is -0.800. The summed E-state index contributed by atoms with van der Waals surface area (Å²) < 4.78 is 0. The molecule has 0 aromatic rings. The van der Waals surface area contributed by atoms with Gasteiger partial charge in [-0.05, 0) is 18.0 Å². The van der Waals surface area contributed by atoms with E-state index in [0.717, 1.165) is 25.8 Å². The molecule has 0 saturated heterocycles. The molecular formula is C11H25N3O. The van der Waals surface area contributed by atoms with Crippen LogP contribution in [0.5, 0.6) is 0 Å². The lowest BCUT2D eigenvalue weighted by Crippen LogP contribution is -2.23. The summed E-state index contributed by atoms with van der Waals surface area (Å²) in [6, 6.07) is 0. The van der Waals surface area contributed by atoms with Crippen LogP contribution in [0.25, 0.3) is 0 Å². The molecule has 0 bridgehead atoms. The average molecular weight is 215 g/mol. The van der Waals surface area contributed by atoms with Crippen LogP contribution < -0.4 is 5.43 Å². The molecule has 0 radical (unpaired) electrons. The van der Waals surface area contributed by atoms with Gasteiger partial charge >= 0.3 is 0 Å². The number of rotatable bonds is 10. The highest BCUT2D eigenvalue weighted by Gasteiger charge is 1.93. The SMILES string of the molecule is CCCCCCCN=[N+]([O-])NCCCC. The second kappa shape index (κ2) is 11.3. The van der Waals surface area contributed by atoms with Crippen molar-refractivity contribution >= 4 is 0 Å². The molecule has 0 aliphatic carbocycles. The largest absolute Gasteiger partial charge is 0.572 e. The number of hydrogen-bond acceptors (Lipinski definition) is 2. The highest BCUT2D eigenvalue weighted by atomic mass is 16.5. The maximum Gasteiger partial charge on any atom is 0.106 e. The fourth-order valence-corrected chi connectivity index (χ4v) is 1.28. The van der Waals surface area contributed by atoms with Crippen LogP contribution in [-0.4, -0.2) is 18.1 Å². The zero-order valence-electron chi connectivity index (χ0n) is 10.2. The highest BCUT2D eigenvalue weighted by molar-refractivity contribution is 4.43. The summed E-state index contributed by atoms with van der Waals surface area (Å²) >= 11 is 0. The van der Waals surface area contributed by atoms with E-state index < -0.39 is 0 Å². The minimum Gasteiger partial charge on any atom is -0.572 e. The van der Waals surface area contributed by atoms with Gasteiger partial charge in [-0.25, -0.2) is 0 Å². The summed E-state index contributed by atoms with van der Waals surface area (Å²) in [5.74, 6) is 0. The Morgan fingerprint density at radius 3 is 2.33 bits per heavy atom. The molecule has 0 aromatic carbocycles. The first-order chi connectivity index (χ1) is 7.31. The molecule has 0 fully saturated rings. The van der Waals surface area contributed by atoms with E-state index in [9.17, 15) is 5.21 Å². The second-order valence-corrected chi connectivity index (χ2v) is 3.81. The monoisotopic (exact) mass is 215 g/mol. The van der Waals surface area contributed by atoms with Gasteiger partial charge in [0, 0.05) is 4.97 Å². The van der Waals surface area contributed by atoms with Crippen LogP contribution >= 0.6 is 0 Å². The number of nitrogens with one attached hydrogen (secondary N) is 1. The van der Waals surface area contributed by atoms with E-state index in [2.05, 4.69) is 24.4 Å². The van der Waals surface area contributed by atoms with Crippen LogP contribution in [0.15, 0.2) is 5.11 Å².